The first-order valence-corrected chi connectivity index (χ1v) is 7.69. The Labute approximate surface area is 119 Å². The molecule has 2 N–H and O–H groups in total. The number of hydrogen-bond donors (Lipinski definition) is 2. The molecule has 1 atom stereocenters. The van der Waals surface area contributed by atoms with Crippen LogP contribution in [0.4, 0.5) is 0 Å². The fourth-order valence-corrected chi connectivity index (χ4v) is 3.11. The van der Waals surface area contributed by atoms with E-state index < -0.39 is 0 Å². The summed E-state index contributed by atoms with van der Waals surface area (Å²) in [6.45, 7) is 5.38. The van der Waals surface area contributed by atoms with Gasteiger partial charge in [0.25, 0.3) is 0 Å². The van der Waals surface area contributed by atoms with Gasteiger partial charge >= 0.3 is 0 Å². The molecule has 19 heavy (non-hydrogen) atoms. The van der Waals surface area contributed by atoms with E-state index in [2.05, 4.69) is 29.9 Å². The van der Waals surface area contributed by atoms with Gasteiger partial charge in [-0.25, -0.2) is 0 Å². The molecule has 0 fully saturated rings. The van der Waals surface area contributed by atoms with Crippen LogP contribution in [-0.4, -0.2) is 11.7 Å². The number of phenolic OH excluding ortho intramolecular Hbond substituents is 1. The summed E-state index contributed by atoms with van der Waals surface area (Å²) in [5.74, 6) is 0.327. The van der Waals surface area contributed by atoms with Crippen LogP contribution >= 0.6 is 11.3 Å². The van der Waals surface area contributed by atoms with Crippen molar-refractivity contribution in [1.82, 2.24) is 5.32 Å². The van der Waals surface area contributed by atoms with E-state index >= 15 is 0 Å². The summed E-state index contributed by atoms with van der Waals surface area (Å²) in [6, 6.07) is 7.87. The van der Waals surface area contributed by atoms with E-state index in [9.17, 15) is 5.11 Å². The van der Waals surface area contributed by atoms with Gasteiger partial charge in [-0.15, -0.1) is 0 Å². The predicted octanol–water partition coefficient (Wildman–Crippen LogP) is 4.05. The molecular weight excluding hydrogens is 254 g/mol. The molecule has 0 aliphatic heterocycles. The molecular formula is C16H21NOS. The average molecular weight is 275 g/mol. The molecule has 1 aromatic carbocycles. The zero-order valence-electron chi connectivity index (χ0n) is 11.5. The molecule has 1 aromatic heterocycles. The van der Waals surface area contributed by atoms with E-state index in [4.69, 9.17) is 0 Å². The van der Waals surface area contributed by atoms with Crippen molar-refractivity contribution < 1.29 is 5.11 Å². The first kappa shape index (κ1) is 14.1. The zero-order valence-corrected chi connectivity index (χ0v) is 12.3. The van der Waals surface area contributed by atoms with Gasteiger partial charge in [0, 0.05) is 6.04 Å². The molecule has 1 heterocycles. The van der Waals surface area contributed by atoms with Crippen molar-refractivity contribution in [3.8, 4) is 5.75 Å². The molecule has 0 saturated heterocycles. The fraction of sp³-hybridized carbons (Fsp3) is 0.375. The van der Waals surface area contributed by atoms with E-state index in [1.54, 1.807) is 23.5 Å². The van der Waals surface area contributed by atoms with Crippen LogP contribution in [0.15, 0.2) is 35.0 Å². The third kappa shape index (κ3) is 3.82. The molecule has 3 heteroatoms. The number of nitrogens with one attached hydrogen (secondary N) is 1. The number of aryl methyl sites for hydroxylation is 1. The number of phenols is 1. The minimum absolute atomic E-state index is 0.327. The Morgan fingerprint density at radius 3 is 2.53 bits per heavy atom. The molecule has 102 valence electrons. The maximum atomic E-state index is 9.35. The van der Waals surface area contributed by atoms with Crippen molar-refractivity contribution in [3.05, 3.63) is 51.7 Å². The molecule has 0 aliphatic carbocycles. The maximum Gasteiger partial charge on any atom is 0.115 e. The van der Waals surface area contributed by atoms with Gasteiger partial charge in [0.15, 0.2) is 0 Å². The third-order valence-corrected chi connectivity index (χ3v) is 4.17. The van der Waals surface area contributed by atoms with Crippen molar-refractivity contribution in [2.75, 3.05) is 6.54 Å². The summed E-state index contributed by atoms with van der Waals surface area (Å²) in [5.41, 5.74) is 4.00. The Balaban J connectivity index is 2.14. The first-order chi connectivity index (χ1) is 9.20. The highest BCUT2D eigenvalue weighted by Gasteiger charge is 2.14. The molecule has 2 nitrogen and oxygen atoms in total. The summed E-state index contributed by atoms with van der Waals surface area (Å²) in [7, 11) is 0. The van der Waals surface area contributed by atoms with E-state index in [1.165, 1.54) is 16.7 Å². The van der Waals surface area contributed by atoms with E-state index in [1.807, 2.05) is 12.1 Å². The van der Waals surface area contributed by atoms with Crippen LogP contribution in [-0.2, 0) is 6.42 Å². The number of thiophene rings is 1. The van der Waals surface area contributed by atoms with Gasteiger partial charge in [-0.05, 0) is 65.9 Å². The van der Waals surface area contributed by atoms with Crippen LogP contribution in [0.5, 0.6) is 5.75 Å². The molecule has 0 bridgehead atoms. The van der Waals surface area contributed by atoms with Crippen LogP contribution in [0.1, 0.15) is 36.1 Å². The molecule has 0 saturated carbocycles. The van der Waals surface area contributed by atoms with Gasteiger partial charge in [-0.2, -0.15) is 11.3 Å². The molecule has 0 aliphatic rings. The summed E-state index contributed by atoms with van der Waals surface area (Å²) < 4.78 is 0. The maximum absolute atomic E-state index is 9.35. The second-order valence-electron chi connectivity index (χ2n) is 4.89. The normalized spacial score (nSPS) is 12.5. The minimum atomic E-state index is 0.327. The number of hydrogen-bond acceptors (Lipinski definition) is 3. The van der Waals surface area contributed by atoms with E-state index in [0.29, 0.717) is 11.8 Å². The van der Waals surface area contributed by atoms with Gasteiger partial charge in [0.05, 0.1) is 0 Å². The summed E-state index contributed by atoms with van der Waals surface area (Å²) >= 11 is 1.76. The van der Waals surface area contributed by atoms with Crippen LogP contribution in [0.2, 0.25) is 0 Å². The lowest BCUT2D eigenvalue weighted by Crippen LogP contribution is -2.24. The minimum Gasteiger partial charge on any atom is -0.508 e. The van der Waals surface area contributed by atoms with Crippen LogP contribution in [0.25, 0.3) is 0 Å². The second kappa shape index (κ2) is 6.73. The smallest absolute Gasteiger partial charge is 0.115 e. The topological polar surface area (TPSA) is 32.3 Å². The van der Waals surface area contributed by atoms with Gasteiger partial charge < -0.3 is 10.4 Å². The molecule has 1 unspecified atom stereocenters. The van der Waals surface area contributed by atoms with Crippen molar-refractivity contribution in [2.45, 2.75) is 32.7 Å². The summed E-state index contributed by atoms with van der Waals surface area (Å²) in [4.78, 5) is 0. The van der Waals surface area contributed by atoms with Crippen LogP contribution in [0, 0.1) is 6.92 Å². The Morgan fingerprint density at radius 1 is 1.21 bits per heavy atom. The highest BCUT2D eigenvalue weighted by Crippen LogP contribution is 2.25. The van der Waals surface area contributed by atoms with Crippen molar-refractivity contribution in [2.24, 2.45) is 0 Å². The third-order valence-electron chi connectivity index (χ3n) is 3.29. The highest BCUT2D eigenvalue weighted by atomic mass is 32.1. The molecule has 0 amide bonds. The molecule has 0 radical (unpaired) electrons. The molecule has 2 rings (SSSR count). The second-order valence-corrected chi connectivity index (χ2v) is 5.63. The quantitative estimate of drug-likeness (QED) is 0.833. The molecule has 0 spiro atoms. The fourth-order valence-electron chi connectivity index (χ4n) is 2.21. The number of benzene rings is 1. The number of rotatable bonds is 6. The Morgan fingerprint density at radius 2 is 1.95 bits per heavy atom. The standard InChI is InChI=1S/C16H21NOS/c1-3-8-17-16(15-11-19-10-12(15)2)9-13-4-6-14(18)7-5-13/h4-7,10-11,16-18H,3,8-9H2,1-2H3. The first-order valence-electron chi connectivity index (χ1n) is 6.74. The largest absolute Gasteiger partial charge is 0.508 e. The zero-order chi connectivity index (χ0) is 13.7. The van der Waals surface area contributed by atoms with Gasteiger partial charge in [-0.3, -0.25) is 0 Å². The molecule has 2 aromatic rings. The van der Waals surface area contributed by atoms with Gasteiger partial charge in [0.1, 0.15) is 5.75 Å². The Bertz CT molecular complexity index is 504. The monoisotopic (exact) mass is 275 g/mol. The lowest BCUT2D eigenvalue weighted by Gasteiger charge is -2.19. The summed E-state index contributed by atoms with van der Waals surface area (Å²) in [6.07, 6.45) is 2.09. The van der Waals surface area contributed by atoms with Gasteiger partial charge in [0.2, 0.25) is 0 Å². The SMILES string of the molecule is CCCNC(Cc1ccc(O)cc1)c1cscc1C. The van der Waals surface area contributed by atoms with Crippen LogP contribution in [0.3, 0.4) is 0 Å². The van der Waals surface area contributed by atoms with Crippen molar-refractivity contribution in [3.63, 3.8) is 0 Å². The van der Waals surface area contributed by atoms with E-state index in [-0.39, 0.29) is 0 Å². The summed E-state index contributed by atoms with van der Waals surface area (Å²) in [5, 5.41) is 17.4. The predicted molar refractivity (Wildman–Crippen MR) is 81.9 cm³/mol. The van der Waals surface area contributed by atoms with Crippen LogP contribution < -0.4 is 5.32 Å². The Hall–Kier alpha value is -1.32. The lowest BCUT2D eigenvalue weighted by molar-refractivity contribution is 0.474. The Kier molecular flexibility index (Phi) is 5.00. The van der Waals surface area contributed by atoms with E-state index in [0.717, 1.165) is 19.4 Å². The highest BCUT2D eigenvalue weighted by molar-refractivity contribution is 7.08. The van der Waals surface area contributed by atoms with Gasteiger partial charge in [-0.1, -0.05) is 19.1 Å². The number of aromatic hydroxyl groups is 1. The van der Waals surface area contributed by atoms with Crippen molar-refractivity contribution >= 4 is 11.3 Å². The van der Waals surface area contributed by atoms with Crippen molar-refractivity contribution in [1.29, 1.82) is 0 Å². The lowest BCUT2D eigenvalue weighted by atomic mass is 9.98. The average Bonchev–Trinajstić information content (AvgIpc) is 2.83.